The third-order valence-corrected chi connectivity index (χ3v) is 7.72. The lowest BCUT2D eigenvalue weighted by atomic mass is 9.76. The second-order valence-electron chi connectivity index (χ2n) is 9.19. The molecule has 3 aliphatic rings. The highest BCUT2D eigenvalue weighted by atomic mass is 16.2. The van der Waals surface area contributed by atoms with E-state index in [4.69, 9.17) is 5.10 Å². The predicted octanol–water partition coefficient (Wildman–Crippen LogP) is 4.67. The first-order valence-corrected chi connectivity index (χ1v) is 10.7. The van der Waals surface area contributed by atoms with E-state index >= 15 is 0 Å². The molecule has 4 nitrogen and oxygen atoms in total. The Morgan fingerprint density at radius 2 is 1.93 bits per heavy atom. The fraction of sp³-hybridized carbons (Fsp3) is 0.652. The summed E-state index contributed by atoms with van der Waals surface area (Å²) >= 11 is 0. The van der Waals surface area contributed by atoms with E-state index in [1.54, 1.807) is 0 Å². The van der Waals surface area contributed by atoms with Gasteiger partial charge < -0.3 is 5.32 Å². The molecule has 0 radical (unpaired) electrons. The van der Waals surface area contributed by atoms with Crippen LogP contribution in [0.3, 0.4) is 0 Å². The van der Waals surface area contributed by atoms with Crippen molar-refractivity contribution in [2.24, 2.45) is 16.4 Å². The quantitative estimate of drug-likeness (QED) is 0.794. The van der Waals surface area contributed by atoms with Gasteiger partial charge in [0.25, 0.3) is 5.91 Å². The zero-order chi connectivity index (χ0) is 19.1. The summed E-state index contributed by atoms with van der Waals surface area (Å²) in [4.78, 5) is 13.2. The minimum absolute atomic E-state index is 0.0532. The number of unbranched alkanes of at least 4 members (excludes halogenated alkanes) is 1. The van der Waals surface area contributed by atoms with Gasteiger partial charge in [-0.15, -0.1) is 0 Å². The molecule has 2 bridgehead atoms. The van der Waals surface area contributed by atoms with Crippen LogP contribution in [0.4, 0.5) is 0 Å². The van der Waals surface area contributed by atoms with Crippen LogP contribution in [0, 0.1) is 11.3 Å². The van der Waals surface area contributed by atoms with E-state index in [1.807, 2.05) is 6.07 Å². The molecular weight excluding hydrogens is 334 g/mol. The molecule has 1 aliphatic heterocycles. The Kier molecular flexibility index (Phi) is 4.77. The minimum Gasteiger partial charge on any atom is -0.345 e. The lowest BCUT2D eigenvalue weighted by Crippen LogP contribution is -2.55. The molecular formula is C23H33N3O. The standard InChI is InChI=1S/C23H33N3O/c1-4-5-15-26-20(17-9-7-6-8-10-17)16-19(25-26)21(27)24-23(3)18-11-13-22(23,2)14-12-18/h6-10,18,20H,4-5,11-16H2,1-3H3,(H,24,27)/t18-,20?,22+,23-/m0/s1. The van der Waals surface area contributed by atoms with E-state index in [2.05, 4.69) is 55.4 Å². The molecule has 0 aromatic heterocycles. The molecule has 1 aromatic carbocycles. The van der Waals surface area contributed by atoms with Crippen LogP contribution in [0.15, 0.2) is 35.4 Å². The zero-order valence-corrected chi connectivity index (χ0v) is 17.0. The van der Waals surface area contributed by atoms with Gasteiger partial charge in [-0.25, -0.2) is 0 Å². The highest BCUT2D eigenvalue weighted by Crippen LogP contribution is 2.60. The first-order chi connectivity index (χ1) is 13.0. The van der Waals surface area contributed by atoms with Gasteiger partial charge in [0.05, 0.1) is 6.04 Å². The van der Waals surface area contributed by atoms with Gasteiger partial charge in [0.2, 0.25) is 0 Å². The molecule has 2 saturated carbocycles. The van der Waals surface area contributed by atoms with Crippen LogP contribution in [-0.4, -0.2) is 28.7 Å². The number of amides is 1. The van der Waals surface area contributed by atoms with Crippen LogP contribution in [0.2, 0.25) is 0 Å². The summed E-state index contributed by atoms with van der Waals surface area (Å²) in [5, 5.41) is 10.4. The monoisotopic (exact) mass is 367 g/mol. The molecule has 2 aliphatic carbocycles. The molecule has 0 spiro atoms. The van der Waals surface area contributed by atoms with Gasteiger partial charge >= 0.3 is 0 Å². The van der Waals surface area contributed by atoms with E-state index in [0.717, 1.165) is 19.4 Å². The molecule has 1 heterocycles. The lowest BCUT2D eigenvalue weighted by Gasteiger charge is -2.39. The second kappa shape index (κ2) is 6.96. The van der Waals surface area contributed by atoms with Crippen molar-refractivity contribution < 1.29 is 4.79 Å². The topological polar surface area (TPSA) is 44.7 Å². The summed E-state index contributed by atoms with van der Waals surface area (Å²) in [5.74, 6) is 0.673. The zero-order valence-electron chi connectivity index (χ0n) is 17.0. The van der Waals surface area contributed by atoms with Gasteiger partial charge in [-0.3, -0.25) is 9.80 Å². The Morgan fingerprint density at radius 1 is 1.22 bits per heavy atom. The number of nitrogens with zero attached hydrogens (tertiary/aromatic N) is 2. The number of hydrogen-bond acceptors (Lipinski definition) is 3. The maximum absolute atomic E-state index is 13.2. The summed E-state index contributed by atoms with van der Waals surface area (Å²) < 4.78 is 0. The van der Waals surface area contributed by atoms with Crippen molar-refractivity contribution in [1.82, 2.24) is 10.3 Å². The molecule has 0 saturated heterocycles. The van der Waals surface area contributed by atoms with E-state index in [9.17, 15) is 4.79 Å². The fourth-order valence-electron chi connectivity index (χ4n) is 5.59. The first-order valence-electron chi connectivity index (χ1n) is 10.7. The van der Waals surface area contributed by atoms with Gasteiger partial charge in [-0.1, -0.05) is 50.6 Å². The molecule has 1 amide bonds. The highest BCUT2D eigenvalue weighted by Gasteiger charge is 2.59. The van der Waals surface area contributed by atoms with Gasteiger partial charge in [-0.05, 0) is 55.9 Å². The normalized spacial score (nSPS) is 34.8. The van der Waals surface area contributed by atoms with Crippen LogP contribution < -0.4 is 5.32 Å². The number of fused-ring (bicyclic) bond motifs is 2. The number of hydrogen-bond donors (Lipinski definition) is 1. The number of rotatable bonds is 6. The number of hydrazone groups is 1. The van der Waals surface area contributed by atoms with Crippen LogP contribution in [0.1, 0.15) is 77.3 Å². The number of nitrogens with one attached hydrogen (secondary N) is 1. The van der Waals surface area contributed by atoms with Crippen molar-refractivity contribution in [2.45, 2.75) is 77.3 Å². The van der Waals surface area contributed by atoms with Crippen molar-refractivity contribution in [3.63, 3.8) is 0 Å². The maximum atomic E-state index is 13.2. The molecule has 2 fully saturated rings. The van der Waals surface area contributed by atoms with Gasteiger partial charge in [0.1, 0.15) is 5.71 Å². The molecule has 1 unspecified atom stereocenters. The van der Waals surface area contributed by atoms with E-state index in [0.29, 0.717) is 18.1 Å². The van der Waals surface area contributed by atoms with Crippen LogP contribution >= 0.6 is 0 Å². The highest BCUT2D eigenvalue weighted by molar-refractivity contribution is 6.39. The van der Waals surface area contributed by atoms with Crippen LogP contribution in [-0.2, 0) is 4.79 Å². The predicted molar refractivity (Wildman–Crippen MR) is 109 cm³/mol. The second-order valence-corrected chi connectivity index (χ2v) is 9.19. The molecule has 27 heavy (non-hydrogen) atoms. The molecule has 1 aromatic rings. The third kappa shape index (κ3) is 3.07. The SMILES string of the molecule is CCCCN1N=C(C(=O)N[C@@]2(C)[C@H]3CC[C@]2(C)CC3)CC1c1ccccc1. The maximum Gasteiger partial charge on any atom is 0.268 e. The summed E-state index contributed by atoms with van der Waals surface area (Å²) in [6.45, 7) is 7.73. The molecule has 1 N–H and O–H groups in total. The lowest BCUT2D eigenvalue weighted by molar-refractivity contribution is -0.117. The van der Waals surface area contributed by atoms with Gasteiger partial charge in [0, 0.05) is 18.5 Å². The summed E-state index contributed by atoms with van der Waals surface area (Å²) in [7, 11) is 0. The average Bonchev–Trinajstić information content (AvgIpc) is 3.28. The Balaban J connectivity index is 1.52. The molecule has 4 rings (SSSR count). The van der Waals surface area contributed by atoms with Crippen LogP contribution in [0.25, 0.3) is 0 Å². The minimum atomic E-state index is -0.0777. The number of carbonyl (C=O) groups is 1. The molecule has 4 heteroatoms. The summed E-state index contributed by atoms with van der Waals surface area (Å²) in [6.07, 6.45) is 7.89. The Hall–Kier alpha value is -1.84. The Labute approximate surface area is 163 Å². The Bertz CT molecular complexity index is 720. The number of carbonyl (C=O) groups excluding carboxylic acids is 1. The molecule has 2 atom stereocenters. The Morgan fingerprint density at radius 3 is 2.52 bits per heavy atom. The molecule has 146 valence electrons. The van der Waals surface area contributed by atoms with Gasteiger partial charge in [0.15, 0.2) is 0 Å². The van der Waals surface area contributed by atoms with Crippen molar-refractivity contribution in [2.75, 3.05) is 6.54 Å². The summed E-state index contributed by atoms with van der Waals surface area (Å²) in [5.41, 5.74) is 2.12. The van der Waals surface area contributed by atoms with E-state index in [1.165, 1.54) is 31.2 Å². The van der Waals surface area contributed by atoms with Crippen molar-refractivity contribution in [3.8, 4) is 0 Å². The van der Waals surface area contributed by atoms with Gasteiger partial charge in [-0.2, -0.15) is 5.10 Å². The van der Waals surface area contributed by atoms with Crippen molar-refractivity contribution >= 4 is 11.6 Å². The van der Waals surface area contributed by atoms with E-state index in [-0.39, 0.29) is 22.9 Å². The smallest absolute Gasteiger partial charge is 0.268 e. The third-order valence-electron chi connectivity index (χ3n) is 7.72. The van der Waals surface area contributed by atoms with Crippen molar-refractivity contribution in [1.29, 1.82) is 0 Å². The summed E-state index contributed by atoms with van der Waals surface area (Å²) in [6, 6.07) is 10.7. The van der Waals surface area contributed by atoms with Crippen molar-refractivity contribution in [3.05, 3.63) is 35.9 Å². The largest absolute Gasteiger partial charge is 0.345 e. The average molecular weight is 368 g/mol. The fourth-order valence-corrected chi connectivity index (χ4v) is 5.59. The van der Waals surface area contributed by atoms with Crippen LogP contribution in [0.5, 0.6) is 0 Å². The first kappa shape index (κ1) is 18.5. The van der Waals surface area contributed by atoms with E-state index < -0.39 is 0 Å². The number of benzene rings is 1.